The van der Waals surface area contributed by atoms with Gasteiger partial charge in [0.15, 0.2) is 0 Å². The minimum atomic E-state index is -5.51. The van der Waals surface area contributed by atoms with E-state index in [2.05, 4.69) is 6.92 Å². The molecule has 5 nitrogen and oxygen atoms in total. The van der Waals surface area contributed by atoms with E-state index >= 15 is 0 Å². The van der Waals surface area contributed by atoms with Gasteiger partial charge >= 0.3 is 18.1 Å². The van der Waals surface area contributed by atoms with E-state index in [1.165, 1.54) is 7.11 Å². The zero-order chi connectivity index (χ0) is 33.1. The van der Waals surface area contributed by atoms with Crippen LogP contribution in [0.4, 0.5) is 22.0 Å². The average molecular weight is 643 g/mol. The molecule has 3 unspecified atom stereocenters. The highest BCUT2D eigenvalue weighted by Gasteiger charge is 2.56. The van der Waals surface area contributed by atoms with E-state index < -0.39 is 18.5 Å². The number of phenolic OH excluding ortho intramolecular Hbond substituents is 2. The van der Waals surface area contributed by atoms with Crippen molar-refractivity contribution in [3.05, 3.63) is 53.6 Å². The van der Waals surface area contributed by atoms with Gasteiger partial charge in [-0.25, -0.2) is 0 Å². The molecule has 0 spiro atoms. The van der Waals surface area contributed by atoms with Crippen LogP contribution in [0.1, 0.15) is 114 Å². The molecule has 2 N–H and O–H groups in total. The second-order valence-corrected chi connectivity index (χ2v) is 12.6. The fourth-order valence-corrected chi connectivity index (χ4v) is 6.43. The molecule has 2 aromatic rings. The number of hydrogen-bond acceptors (Lipinski definition) is 5. The number of hydrogen-bond donors (Lipinski definition) is 2. The van der Waals surface area contributed by atoms with Crippen LogP contribution in [0.15, 0.2) is 42.5 Å². The van der Waals surface area contributed by atoms with Gasteiger partial charge in [-0.1, -0.05) is 82.9 Å². The van der Waals surface area contributed by atoms with E-state index in [-0.39, 0.29) is 47.6 Å². The number of fused-ring (bicyclic) bond motifs is 1. The van der Waals surface area contributed by atoms with E-state index in [0.29, 0.717) is 38.0 Å². The molecule has 1 aliphatic heterocycles. The first-order chi connectivity index (χ1) is 21.3. The van der Waals surface area contributed by atoms with Gasteiger partial charge in [0.05, 0.1) is 19.6 Å². The number of halogens is 5. The fraction of sp³-hybridized carbons (Fsp3) is 0.629. The van der Waals surface area contributed by atoms with Gasteiger partial charge in [-0.15, -0.1) is 0 Å². The van der Waals surface area contributed by atoms with Gasteiger partial charge < -0.3 is 19.7 Å². The Bertz CT molecular complexity index is 1200. The van der Waals surface area contributed by atoms with Crippen molar-refractivity contribution in [3.63, 3.8) is 0 Å². The molecule has 0 saturated carbocycles. The predicted molar refractivity (Wildman–Crippen MR) is 163 cm³/mol. The van der Waals surface area contributed by atoms with Crippen LogP contribution in [-0.4, -0.2) is 42.0 Å². The molecule has 0 saturated heterocycles. The molecule has 3 rings (SSSR count). The van der Waals surface area contributed by atoms with Crippen LogP contribution in [0.2, 0.25) is 0 Å². The average Bonchev–Trinajstić information content (AvgIpc) is 2.99. The number of aromatic hydroxyl groups is 2. The highest BCUT2D eigenvalue weighted by atomic mass is 19.4. The van der Waals surface area contributed by atoms with Crippen molar-refractivity contribution in [2.24, 2.45) is 5.92 Å². The number of carbonyl (C=O) groups excluding carboxylic acids is 1. The molecular weight excluding hydrogens is 595 g/mol. The van der Waals surface area contributed by atoms with Crippen LogP contribution < -0.4 is 4.74 Å². The molecule has 45 heavy (non-hydrogen) atoms. The Morgan fingerprint density at radius 3 is 2.02 bits per heavy atom. The Kier molecular flexibility index (Phi) is 13.4. The number of ether oxygens (including phenoxy) is 2. The summed E-state index contributed by atoms with van der Waals surface area (Å²) in [5.74, 6) is -3.99. The Morgan fingerprint density at radius 2 is 1.42 bits per heavy atom. The summed E-state index contributed by atoms with van der Waals surface area (Å²) >= 11 is 0. The van der Waals surface area contributed by atoms with Gasteiger partial charge in [0.25, 0.3) is 0 Å². The number of benzene rings is 2. The number of rotatable bonds is 18. The maximum Gasteiger partial charge on any atom is 0.453 e. The lowest BCUT2D eigenvalue weighted by molar-refractivity contribution is -0.284. The van der Waals surface area contributed by atoms with E-state index in [1.54, 1.807) is 24.3 Å². The van der Waals surface area contributed by atoms with Crippen LogP contribution in [0.5, 0.6) is 17.2 Å². The number of phenols is 2. The predicted octanol–water partition coefficient (Wildman–Crippen LogP) is 9.98. The molecule has 1 aliphatic rings. The van der Waals surface area contributed by atoms with Crippen molar-refractivity contribution in [3.8, 4) is 17.2 Å². The van der Waals surface area contributed by atoms with Crippen molar-refractivity contribution >= 4 is 5.97 Å². The third kappa shape index (κ3) is 10.2. The molecule has 1 heterocycles. The van der Waals surface area contributed by atoms with Crippen LogP contribution >= 0.6 is 0 Å². The molecule has 0 aliphatic carbocycles. The largest absolute Gasteiger partial charge is 0.508 e. The normalized spacial score (nSPS) is 19.0. The summed E-state index contributed by atoms with van der Waals surface area (Å²) in [7, 11) is 1.33. The molecule has 0 radical (unpaired) electrons. The summed E-state index contributed by atoms with van der Waals surface area (Å²) in [5.41, 5.74) is 1.87. The lowest BCUT2D eigenvalue weighted by Crippen LogP contribution is -2.40. The van der Waals surface area contributed by atoms with Crippen molar-refractivity contribution in [2.75, 3.05) is 13.7 Å². The van der Waals surface area contributed by atoms with E-state index in [1.807, 2.05) is 18.2 Å². The fourth-order valence-electron chi connectivity index (χ4n) is 6.43. The van der Waals surface area contributed by atoms with Crippen molar-refractivity contribution in [2.45, 2.75) is 120 Å². The van der Waals surface area contributed by atoms with E-state index in [9.17, 15) is 37.0 Å². The number of methoxy groups -OCH3 is 1. The maximum absolute atomic E-state index is 13.0. The topological polar surface area (TPSA) is 76.0 Å². The molecule has 10 heteroatoms. The molecule has 2 aromatic carbocycles. The molecule has 0 amide bonds. The summed E-state index contributed by atoms with van der Waals surface area (Å²) in [4.78, 5) is 12.2. The number of esters is 1. The van der Waals surface area contributed by atoms with Gasteiger partial charge in [-0.3, -0.25) is 4.79 Å². The Hall–Kier alpha value is -3.04. The van der Waals surface area contributed by atoms with Crippen LogP contribution in [0.25, 0.3) is 0 Å². The SMILES string of the molecule is COC(=O)C(CCCCCCCCC1c2ccc(O)cc2OCC1(C)c1ccc(O)cc1)CCCCCCC(F)(F)C(F)(F)F. The Morgan fingerprint density at radius 1 is 0.867 bits per heavy atom. The van der Waals surface area contributed by atoms with Gasteiger partial charge in [0.1, 0.15) is 17.2 Å². The third-order valence-corrected chi connectivity index (χ3v) is 9.23. The highest BCUT2D eigenvalue weighted by Crippen LogP contribution is 2.50. The minimum absolute atomic E-state index is 0.169. The second kappa shape index (κ2) is 16.5. The number of carbonyl (C=O) groups is 1. The summed E-state index contributed by atoms with van der Waals surface area (Å²) in [6.07, 6.45) is 2.48. The first kappa shape index (κ1) is 36.4. The first-order valence-electron chi connectivity index (χ1n) is 16.1. The Labute approximate surface area is 263 Å². The summed E-state index contributed by atoms with van der Waals surface area (Å²) in [5, 5.41) is 19.8. The highest BCUT2D eigenvalue weighted by molar-refractivity contribution is 5.72. The van der Waals surface area contributed by atoms with Crippen LogP contribution in [0.3, 0.4) is 0 Å². The summed E-state index contributed by atoms with van der Waals surface area (Å²) in [6.45, 7) is 2.65. The van der Waals surface area contributed by atoms with Crippen molar-refractivity contribution < 1.29 is 46.4 Å². The smallest absolute Gasteiger partial charge is 0.453 e. The second-order valence-electron chi connectivity index (χ2n) is 12.6. The lowest BCUT2D eigenvalue weighted by atomic mass is 9.66. The molecule has 3 atom stereocenters. The lowest BCUT2D eigenvalue weighted by Gasteiger charge is -2.43. The molecule has 0 bridgehead atoms. The van der Waals surface area contributed by atoms with Gasteiger partial charge in [0.2, 0.25) is 0 Å². The van der Waals surface area contributed by atoms with Gasteiger partial charge in [0, 0.05) is 23.8 Å². The first-order valence-corrected chi connectivity index (χ1v) is 16.1. The van der Waals surface area contributed by atoms with E-state index in [4.69, 9.17) is 9.47 Å². The Balaban J connectivity index is 1.39. The van der Waals surface area contributed by atoms with Gasteiger partial charge in [-0.05, 0) is 55.0 Å². The standard InChI is InChI=1S/C35H47F5O5/c1-33(26-16-18-27(41)19-17-26)24-45-31-23-28(42)20-21-29(31)30(33)15-11-6-4-3-5-9-13-25(32(43)44-2)14-10-7-8-12-22-34(36,37)35(38,39)40/h16-21,23,25,30,41-42H,3-15,22,24H2,1-2H3. The minimum Gasteiger partial charge on any atom is -0.508 e. The van der Waals surface area contributed by atoms with Crippen molar-refractivity contribution in [1.82, 2.24) is 0 Å². The summed E-state index contributed by atoms with van der Waals surface area (Å²) in [6, 6.07) is 12.6. The number of unbranched alkanes of at least 4 members (excludes halogenated alkanes) is 8. The molecular formula is C35H47F5O5. The van der Waals surface area contributed by atoms with Gasteiger partial charge in [-0.2, -0.15) is 22.0 Å². The zero-order valence-electron chi connectivity index (χ0n) is 26.3. The van der Waals surface area contributed by atoms with Crippen molar-refractivity contribution in [1.29, 1.82) is 0 Å². The maximum atomic E-state index is 13.0. The van der Waals surface area contributed by atoms with Crippen LogP contribution in [0, 0.1) is 5.92 Å². The molecule has 0 aromatic heterocycles. The molecule has 252 valence electrons. The monoisotopic (exact) mass is 642 g/mol. The molecule has 0 fully saturated rings. The van der Waals surface area contributed by atoms with E-state index in [0.717, 1.165) is 56.1 Å². The zero-order valence-corrected chi connectivity index (χ0v) is 26.3. The quantitative estimate of drug-likeness (QED) is 0.0962. The summed E-state index contributed by atoms with van der Waals surface area (Å²) < 4.78 is 74.0. The van der Waals surface area contributed by atoms with Crippen LogP contribution in [-0.2, 0) is 14.9 Å². The number of alkyl halides is 5. The third-order valence-electron chi connectivity index (χ3n) is 9.23.